The minimum atomic E-state index is 0. The summed E-state index contributed by atoms with van der Waals surface area (Å²) in [5.74, 6) is 2.25. The molecule has 0 aromatic rings. The summed E-state index contributed by atoms with van der Waals surface area (Å²) in [6, 6.07) is 0. The molecule has 0 amide bonds. The van der Waals surface area contributed by atoms with Crippen LogP contribution in [0.5, 0.6) is 0 Å². The zero-order valence-corrected chi connectivity index (χ0v) is 4.08. The summed E-state index contributed by atoms with van der Waals surface area (Å²) in [4.78, 5) is 0. The molecule has 0 aliphatic carbocycles. The molecule has 0 rings (SSSR count). The average Bonchev–Trinajstić information content (AvgIpc) is 1.46. The maximum absolute atomic E-state index is 4.60. The van der Waals surface area contributed by atoms with Gasteiger partial charge in [0.1, 0.15) is 0 Å². The molecule has 0 unspecified atom stereocenters. The van der Waals surface area contributed by atoms with Gasteiger partial charge in [-0.3, -0.25) is 0 Å². The molecule has 0 fully saturated rings. The van der Waals surface area contributed by atoms with Crippen molar-refractivity contribution >= 4 is 0 Å². The van der Waals surface area contributed by atoms with Gasteiger partial charge in [-0.15, -0.1) is 12.3 Å². The topological polar surface area (TPSA) is 0 Å². The van der Waals surface area contributed by atoms with Crippen LogP contribution in [-0.2, 0) is 0 Å². The molecule has 0 aliphatic heterocycles. The fraction of sp³-hybridized carbons (Fsp3) is 0.714. The van der Waals surface area contributed by atoms with Crippen molar-refractivity contribution < 1.29 is 0 Å². The van der Waals surface area contributed by atoms with E-state index in [0.717, 1.165) is 0 Å². The second-order valence-electron chi connectivity index (χ2n) is 0.289. The van der Waals surface area contributed by atoms with E-state index >= 15 is 0 Å². The molecule has 0 saturated carbocycles. The van der Waals surface area contributed by atoms with Crippen LogP contribution in [0, 0.1) is 12.3 Å². The lowest BCUT2D eigenvalue weighted by Crippen LogP contribution is -1.10. The molecule has 46 valence electrons. The van der Waals surface area contributed by atoms with Crippen molar-refractivity contribution in [2.45, 2.75) is 35.6 Å². The quantitative estimate of drug-likeness (QED) is 0.412. The molecule has 0 aromatic carbocycles. The maximum atomic E-state index is 4.60. The fourth-order valence-corrected chi connectivity index (χ4v) is 0. The first-order chi connectivity index (χ1) is 2.41. The summed E-state index contributed by atoms with van der Waals surface area (Å²) >= 11 is 0. The summed E-state index contributed by atoms with van der Waals surface area (Å²) in [5.41, 5.74) is 0. The van der Waals surface area contributed by atoms with Gasteiger partial charge in [-0.2, -0.15) is 0 Å². The molecule has 0 saturated heterocycles. The monoisotopic (exact) mass is 102 g/mol. The lowest BCUT2D eigenvalue weighted by molar-refractivity contribution is 1.50. The third kappa shape index (κ3) is 364. The van der Waals surface area contributed by atoms with Gasteiger partial charge in [0.25, 0.3) is 0 Å². The van der Waals surface area contributed by atoms with Crippen molar-refractivity contribution in [3.63, 3.8) is 0 Å². The van der Waals surface area contributed by atoms with Crippen LogP contribution in [0.4, 0.5) is 0 Å². The molecule has 0 radical (unpaired) electrons. The number of hydrogen-bond donors (Lipinski definition) is 0. The zero-order chi connectivity index (χ0) is 4.71. The molecule has 0 heterocycles. The lowest BCUT2D eigenvalue weighted by Gasteiger charge is -1.23. The first kappa shape index (κ1) is 30.9. The Morgan fingerprint density at radius 2 is 1.14 bits per heavy atom. The lowest BCUT2D eigenvalue weighted by atomic mass is 10.9. The highest BCUT2D eigenvalue weighted by Crippen LogP contribution is 1.21. The Kier molecular flexibility index (Phi) is 1630. The van der Waals surface area contributed by atoms with Gasteiger partial charge < -0.3 is 0 Å². The Morgan fingerprint density at radius 3 is 1.14 bits per heavy atom. The second-order valence-corrected chi connectivity index (χ2v) is 0.289. The molecule has 0 heteroatoms. The molecule has 0 N–H and O–H groups in total. The maximum Gasteiger partial charge on any atom is -0.00297 e. The van der Waals surface area contributed by atoms with Gasteiger partial charge >= 0.3 is 0 Å². The van der Waals surface area contributed by atoms with Gasteiger partial charge in [-0.05, 0) is 6.92 Å². The SMILES string of the molecule is C.C.C#CC.CC. The Bertz CT molecular complexity index is 21.5. The molecule has 0 aliphatic rings. The Labute approximate surface area is 48.9 Å². The summed E-state index contributed by atoms with van der Waals surface area (Å²) in [5, 5.41) is 0. The normalized spacial score (nSPS) is 2.00. The summed E-state index contributed by atoms with van der Waals surface area (Å²) < 4.78 is 0. The van der Waals surface area contributed by atoms with E-state index in [1.165, 1.54) is 0 Å². The first-order valence-corrected chi connectivity index (χ1v) is 1.79. The predicted molar refractivity (Wildman–Crippen MR) is 39.3 cm³/mol. The standard InChI is InChI=1S/C3H4.C2H6.2CH4/c1-3-2;1-2;;/h1H,2H3;1-2H3;2*1H4. The minimum Gasteiger partial charge on any atom is -0.120 e. The van der Waals surface area contributed by atoms with E-state index in [1.54, 1.807) is 6.92 Å². The highest BCUT2D eigenvalue weighted by atomic mass is 13.2. The van der Waals surface area contributed by atoms with Crippen molar-refractivity contribution in [2.75, 3.05) is 0 Å². The van der Waals surface area contributed by atoms with Gasteiger partial charge in [-0.1, -0.05) is 28.7 Å². The molecular weight excluding hydrogens is 84.1 g/mol. The highest BCUT2D eigenvalue weighted by molar-refractivity contribution is 4.73. The Balaban J connectivity index is -0.0000000105. The van der Waals surface area contributed by atoms with Crippen LogP contribution in [-0.4, -0.2) is 0 Å². The third-order valence-electron chi connectivity index (χ3n) is 0. The van der Waals surface area contributed by atoms with Crippen LogP contribution in [0.15, 0.2) is 0 Å². The molecule has 7 heavy (non-hydrogen) atoms. The zero-order valence-electron chi connectivity index (χ0n) is 4.08. The van der Waals surface area contributed by atoms with Crippen molar-refractivity contribution in [2.24, 2.45) is 0 Å². The minimum absolute atomic E-state index is 0. The van der Waals surface area contributed by atoms with E-state index in [-0.39, 0.29) is 14.9 Å². The predicted octanol–water partition coefficient (Wildman–Crippen LogP) is 2.94. The largest absolute Gasteiger partial charge is 0.120 e. The van der Waals surface area contributed by atoms with Gasteiger partial charge in [0, 0.05) is 0 Å². The van der Waals surface area contributed by atoms with Crippen LogP contribution in [0.2, 0.25) is 0 Å². The van der Waals surface area contributed by atoms with E-state index in [0.29, 0.717) is 0 Å². The summed E-state index contributed by atoms with van der Waals surface area (Å²) in [6.45, 7) is 5.65. The first-order valence-electron chi connectivity index (χ1n) is 1.79. The number of hydrogen-bond acceptors (Lipinski definition) is 0. The molecule has 0 spiro atoms. The number of rotatable bonds is 0. The molecule has 0 atom stereocenters. The molecule has 0 aromatic heterocycles. The van der Waals surface area contributed by atoms with Crippen LogP contribution in [0.25, 0.3) is 0 Å². The van der Waals surface area contributed by atoms with E-state index in [1.807, 2.05) is 13.8 Å². The second kappa shape index (κ2) is 369. The van der Waals surface area contributed by atoms with E-state index in [4.69, 9.17) is 0 Å². The van der Waals surface area contributed by atoms with E-state index < -0.39 is 0 Å². The van der Waals surface area contributed by atoms with Crippen LogP contribution >= 0.6 is 0 Å². The molecule has 0 nitrogen and oxygen atoms in total. The third-order valence-corrected chi connectivity index (χ3v) is 0. The molecule has 0 bridgehead atoms. The fourth-order valence-electron chi connectivity index (χ4n) is 0. The van der Waals surface area contributed by atoms with Crippen molar-refractivity contribution in [3.8, 4) is 12.3 Å². The van der Waals surface area contributed by atoms with Gasteiger partial charge in [0.05, 0.1) is 0 Å². The highest BCUT2D eigenvalue weighted by Gasteiger charge is 1.09. The van der Waals surface area contributed by atoms with Crippen molar-refractivity contribution in [1.82, 2.24) is 0 Å². The van der Waals surface area contributed by atoms with Gasteiger partial charge in [-0.25, -0.2) is 0 Å². The van der Waals surface area contributed by atoms with Gasteiger partial charge in [0.15, 0.2) is 0 Å². The molecular formula is C7H18. The Hall–Kier alpha value is -0.440. The van der Waals surface area contributed by atoms with E-state index in [2.05, 4.69) is 12.3 Å². The number of terminal acetylenes is 1. The summed E-state index contributed by atoms with van der Waals surface area (Å²) in [6.07, 6.45) is 4.60. The van der Waals surface area contributed by atoms with Crippen molar-refractivity contribution in [3.05, 3.63) is 0 Å². The Morgan fingerprint density at radius 1 is 1.14 bits per heavy atom. The van der Waals surface area contributed by atoms with Crippen LogP contribution in [0.1, 0.15) is 35.6 Å². The average molecular weight is 102 g/mol. The van der Waals surface area contributed by atoms with Gasteiger partial charge in [0.2, 0.25) is 0 Å². The van der Waals surface area contributed by atoms with Crippen LogP contribution < -0.4 is 0 Å². The van der Waals surface area contributed by atoms with Crippen molar-refractivity contribution in [1.29, 1.82) is 0 Å². The van der Waals surface area contributed by atoms with E-state index in [9.17, 15) is 0 Å². The smallest absolute Gasteiger partial charge is 0.00297 e. The van der Waals surface area contributed by atoms with Crippen LogP contribution in [0.3, 0.4) is 0 Å². The summed E-state index contributed by atoms with van der Waals surface area (Å²) in [7, 11) is 0.